The maximum Gasteiger partial charge on any atom is 0.201 e. The lowest BCUT2D eigenvalue weighted by Crippen LogP contribution is -2.70. The van der Waals surface area contributed by atoms with Gasteiger partial charge < -0.3 is 14.2 Å². The molecule has 0 radical (unpaired) electrons. The van der Waals surface area contributed by atoms with Crippen molar-refractivity contribution < 1.29 is 24.0 Å². The van der Waals surface area contributed by atoms with Crippen LogP contribution in [0.1, 0.15) is 52.0 Å². The Hall–Kier alpha value is -2.02. The molecule has 4 aliphatic heterocycles. The first kappa shape index (κ1) is 22.2. The van der Waals surface area contributed by atoms with Crippen LogP contribution in [0.15, 0.2) is 54.6 Å². The van der Waals surface area contributed by atoms with Gasteiger partial charge in [-0.2, -0.15) is 0 Å². The largest absolute Gasteiger partial charge is 0.348 e. The molecule has 5 fully saturated rings. The van der Waals surface area contributed by atoms with Gasteiger partial charge in [0.25, 0.3) is 0 Å². The van der Waals surface area contributed by atoms with Crippen LogP contribution in [0.5, 0.6) is 0 Å². The van der Waals surface area contributed by atoms with E-state index in [4.69, 9.17) is 24.0 Å². The number of rotatable bonds is 3. The molecule has 184 valence electrons. The molecule has 5 nitrogen and oxygen atoms in total. The van der Waals surface area contributed by atoms with E-state index >= 15 is 0 Å². The monoisotopic (exact) mass is 474 g/mol. The van der Waals surface area contributed by atoms with Crippen molar-refractivity contribution in [2.75, 3.05) is 0 Å². The van der Waals surface area contributed by atoms with Crippen molar-refractivity contribution in [1.29, 1.82) is 0 Å². The molecule has 1 spiro atoms. The summed E-state index contributed by atoms with van der Waals surface area (Å²) in [6.07, 6.45) is 3.28. The molecule has 5 heteroatoms. The molecule has 0 aromatic heterocycles. The summed E-state index contributed by atoms with van der Waals surface area (Å²) in [4.78, 5) is 12.2. The third-order valence-electron chi connectivity index (χ3n) is 9.35. The maximum atomic E-state index is 6.63. The van der Waals surface area contributed by atoms with Gasteiger partial charge >= 0.3 is 0 Å². The van der Waals surface area contributed by atoms with Gasteiger partial charge in [0.15, 0.2) is 18.2 Å². The van der Waals surface area contributed by atoms with E-state index in [-0.39, 0.29) is 18.1 Å². The molecule has 2 bridgehead atoms. The maximum absolute atomic E-state index is 6.63. The molecule has 5 aliphatic rings. The van der Waals surface area contributed by atoms with Crippen molar-refractivity contribution in [3.63, 3.8) is 0 Å². The summed E-state index contributed by atoms with van der Waals surface area (Å²) in [7, 11) is 0. The first-order valence-electron chi connectivity index (χ1n) is 13.2. The second kappa shape index (κ2) is 7.99. The van der Waals surface area contributed by atoms with Gasteiger partial charge in [-0.15, -0.1) is 0 Å². The summed E-state index contributed by atoms with van der Waals surface area (Å²) in [6.45, 7) is 7.04. The predicted octanol–water partition coefficient (Wildman–Crippen LogP) is 6.72. The smallest absolute Gasteiger partial charge is 0.201 e. The van der Waals surface area contributed by atoms with E-state index < -0.39 is 17.7 Å². The van der Waals surface area contributed by atoms with Crippen LogP contribution in [-0.2, 0) is 30.6 Å². The lowest BCUT2D eigenvalue weighted by atomic mass is 9.58. The fourth-order valence-electron chi connectivity index (χ4n) is 7.49. The Morgan fingerprint density at radius 2 is 1.66 bits per heavy atom. The molecule has 8 atom stereocenters. The van der Waals surface area contributed by atoms with E-state index in [1.165, 1.54) is 33.5 Å². The molecule has 0 N–H and O–H groups in total. The second-order valence-electron chi connectivity index (χ2n) is 11.4. The molecule has 3 aromatic rings. The zero-order valence-electron chi connectivity index (χ0n) is 20.7. The van der Waals surface area contributed by atoms with E-state index in [1.807, 2.05) is 6.92 Å². The van der Waals surface area contributed by atoms with Crippen LogP contribution in [0.4, 0.5) is 0 Å². The van der Waals surface area contributed by atoms with Gasteiger partial charge in [0.1, 0.15) is 0 Å². The van der Waals surface area contributed by atoms with Crippen molar-refractivity contribution in [2.24, 2.45) is 23.7 Å². The molecule has 8 rings (SSSR count). The molecular weight excluding hydrogens is 440 g/mol. The van der Waals surface area contributed by atoms with Gasteiger partial charge in [0, 0.05) is 18.3 Å². The molecule has 1 aliphatic carbocycles. The summed E-state index contributed by atoms with van der Waals surface area (Å²) in [5.74, 6) is 0.588. The van der Waals surface area contributed by atoms with Gasteiger partial charge in [-0.3, -0.25) is 0 Å². The quantitative estimate of drug-likeness (QED) is 0.312. The summed E-state index contributed by atoms with van der Waals surface area (Å²) in [5.41, 5.74) is 0.628. The van der Waals surface area contributed by atoms with Gasteiger partial charge in [-0.25, -0.2) is 9.78 Å². The Morgan fingerprint density at radius 1 is 0.886 bits per heavy atom. The number of benzene rings is 3. The summed E-state index contributed by atoms with van der Waals surface area (Å²) < 4.78 is 19.7. The van der Waals surface area contributed by atoms with Crippen LogP contribution in [0.2, 0.25) is 0 Å². The minimum absolute atomic E-state index is 0.169. The summed E-state index contributed by atoms with van der Waals surface area (Å²) in [6, 6.07) is 19.4. The Morgan fingerprint density at radius 3 is 2.51 bits per heavy atom. The van der Waals surface area contributed by atoms with Crippen LogP contribution in [0.25, 0.3) is 21.5 Å². The third kappa shape index (κ3) is 3.25. The highest BCUT2D eigenvalue weighted by Crippen LogP contribution is 2.60. The first-order chi connectivity index (χ1) is 17.0. The zero-order chi connectivity index (χ0) is 23.8. The molecular formula is C30H34O5. The Kier molecular flexibility index (Phi) is 5.07. The number of hydrogen-bond acceptors (Lipinski definition) is 5. The van der Waals surface area contributed by atoms with Crippen molar-refractivity contribution in [3.05, 3.63) is 60.2 Å². The second-order valence-corrected chi connectivity index (χ2v) is 11.4. The van der Waals surface area contributed by atoms with Crippen molar-refractivity contribution in [1.82, 2.24) is 0 Å². The molecule has 1 saturated carbocycles. The van der Waals surface area contributed by atoms with E-state index in [1.54, 1.807) is 0 Å². The van der Waals surface area contributed by atoms with Crippen LogP contribution < -0.4 is 0 Å². The highest BCUT2D eigenvalue weighted by atomic mass is 17.3. The van der Waals surface area contributed by atoms with E-state index in [0.717, 1.165) is 19.3 Å². The topological polar surface area (TPSA) is 46.2 Å². The lowest BCUT2D eigenvalue weighted by Gasteiger charge is -2.60. The van der Waals surface area contributed by atoms with Crippen LogP contribution in [0, 0.1) is 23.7 Å². The first-order valence-corrected chi connectivity index (χ1v) is 13.2. The van der Waals surface area contributed by atoms with Crippen LogP contribution in [0.3, 0.4) is 0 Å². The highest BCUT2D eigenvalue weighted by molar-refractivity contribution is 6.08. The molecule has 4 heterocycles. The average molecular weight is 475 g/mol. The fraction of sp³-hybridized carbons (Fsp3) is 0.533. The summed E-state index contributed by atoms with van der Waals surface area (Å²) in [5, 5.41) is 4.99. The minimum atomic E-state index is -0.767. The summed E-state index contributed by atoms with van der Waals surface area (Å²) >= 11 is 0. The van der Waals surface area contributed by atoms with Crippen LogP contribution >= 0.6 is 0 Å². The van der Waals surface area contributed by atoms with Crippen molar-refractivity contribution >= 4 is 21.5 Å². The SMILES string of the molecule is C[C@H]1[C@@H](OCc2cc3ccccc3c3ccccc23)O[C@@H]2O[C@]3(C)CC[C@H]4[C@H](C)CC[C@@H]1[C@@]24OO3. The molecule has 0 amide bonds. The Balaban J connectivity index is 1.21. The highest BCUT2D eigenvalue weighted by Gasteiger charge is 2.69. The Labute approximate surface area is 206 Å². The van der Waals surface area contributed by atoms with Gasteiger partial charge in [0.05, 0.1) is 6.61 Å². The van der Waals surface area contributed by atoms with Gasteiger partial charge in [-0.05, 0) is 71.2 Å². The molecule has 3 aromatic carbocycles. The minimum Gasteiger partial charge on any atom is -0.348 e. The normalized spacial score (nSPS) is 40.5. The van der Waals surface area contributed by atoms with Gasteiger partial charge in [-0.1, -0.05) is 62.4 Å². The van der Waals surface area contributed by atoms with Crippen LogP contribution in [-0.4, -0.2) is 24.0 Å². The third-order valence-corrected chi connectivity index (χ3v) is 9.35. The zero-order valence-corrected chi connectivity index (χ0v) is 20.7. The molecule has 4 saturated heterocycles. The van der Waals surface area contributed by atoms with E-state index in [0.29, 0.717) is 18.4 Å². The molecule has 0 unspecified atom stereocenters. The fourth-order valence-corrected chi connectivity index (χ4v) is 7.49. The molecule has 35 heavy (non-hydrogen) atoms. The van der Waals surface area contributed by atoms with Crippen molar-refractivity contribution in [2.45, 2.75) is 77.0 Å². The van der Waals surface area contributed by atoms with Crippen molar-refractivity contribution in [3.8, 4) is 0 Å². The average Bonchev–Trinajstić information content (AvgIpc) is 3.11. The van der Waals surface area contributed by atoms with E-state index in [9.17, 15) is 0 Å². The van der Waals surface area contributed by atoms with Gasteiger partial charge in [0.2, 0.25) is 5.79 Å². The number of fused-ring (bicyclic) bond motifs is 5. The number of ether oxygens (including phenoxy) is 3. The predicted molar refractivity (Wildman–Crippen MR) is 133 cm³/mol. The van der Waals surface area contributed by atoms with E-state index in [2.05, 4.69) is 68.4 Å². The number of hydrogen-bond donors (Lipinski definition) is 0. The standard InChI is InChI=1S/C30H34O5/c1-18-12-13-26-19(2)27(32-28-30(26)25(18)14-15-29(3,33-28)34-35-30)31-17-21-16-20-8-4-5-9-22(20)24-11-7-6-10-23(21)24/h4-11,16,18-19,25-28H,12-15,17H2,1-3H3/t18-,19-,25+,26+,27+,28-,29+,30-/m1/s1. The Bertz CT molecular complexity index is 1270. The lowest BCUT2D eigenvalue weighted by molar-refractivity contribution is -0.577.